The monoisotopic (exact) mass is 383 g/mol. The third-order valence-electron chi connectivity index (χ3n) is 3.45. The predicted octanol–water partition coefficient (Wildman–Crippen LogP) is 5.03. The van der Waals surface area contributed by atoms with Gasteiger partial charge >= 0.3 is 0 Å². The molecule has 1 atom stereocenters. The Balaban J connectivity index is 2.04. The summed E-state index contributed by atoms with van der Waals surface area (Å²) in [5.41, 5.74) is 1.22. The molecule has 1 N–H and O–H groups in total. The first kappa shape index (κ1) is 15.2. The van der Waals surface area contributed by atoms with Gasteiger partial charge in [0.05, 0.1) is 22.4 Å². The molecule has 0 aliphatic carbocycles. The molecule has 3 rings (SSSR count). The van der Waals surface area contributed by atoms with Gasteiger partial charge in [0, 0.05) is 20.8 Å². The van der Waals surface area contributed by atoms with Crippen LogP contribution in [0.25, 0.3) is 9.40 Å². The van der Waals surface area contributed by atoms with E-state index < -0.39 is 0 Å². The molecule has 3 nitrogen and oxygen atoms in total. The minimum atomic E-state index is 0.200. The Morgan fingerprint density at radius 3 is 2.95 bits per heavy atom. The van der Waals surface area contributed by atoms with E-state index in [0.29, 0.717) is 0 Å². The lowest BCUT2D eigenvalue weighted by Gasteiger charge is -2.19. The number of nitrogens with one attached hydrogen (secondary N) is 1. The van der Waals surface area contributed by atoms with E-state index in [1.807, 2.05) is 28.9 Å². The summed E-state index contributed by atoms with van der Waals surface area (Å²) < 4.78 is 5.90. The number of aryl methyl sites for hydroxylation is 1. The highest BCUT2D eigenvalue weighted by Gasteiger charge is 2.23. The molecule has 0 radical (unpaired) electrons. The largest absolute Gasteiger partial charge is 0.304 e. The molecule has 0 spiro atoms. The predicted molar refractivity (Wildman–Crippen MR) is 95.4 cm³/mol. The van der Waals surface area contributed by atoms with Crippen molar-refractivity contribution in [3.05, 3.63) is 38.8 Å². The number of hydrogen-bond acceptors (Lipinski definition) is 4. The zero-order chi connectivity index (χ0) is 14.8. The van der Waals surface area contributed by atoms with Crippen LogP contribution in [0.2, 0.25) is 0 Å². The molecule has 0 amide bonds. The number of nitrogens with zero attached hydrogens (tertiary/aromatic N) is 2. The summed E-state index contributed by atoms with van der Waals surface area (Å²) in [6, 6.07) is 4.72. The third-order valence-corrected chi connectivity index (χ3v) is 6.22. The minimum absolute atomic E-state index is 0.200. The fourth-order valence-electron chi connectivity index (χ4n) is 2.46. The van der Waals surface area contributed by atoms with Crippen LogP contribution in [0.3, 0.4) is 0 Å². The average molecular weight is 384 g/mol. The van der Waals surface area contributed by atoms with Crippen molar-refractivity contribution >= 4 is 48.0 Å². The molecule has 0 aromatic carbocycles. The van der Waals surface area contributed by atoms with Crippen LogP contribution in [-0.4, -0.2) is 16.3 Å². The van der Waals surface area contributed by atoms with Gasteiger partial charge in [0.25, 0.3) is 0 Å². The first-order valence-corrected chi connectivity index (χ1v) is 9.65. The molecule has 0 aliphatic heterocycles. The second-order valence-corrected chi connectivity index (χ2v) is 7.80. The molecule has 0 bridgehead atoms. The number of hydrogen-bond donors (Lipinski definition) is 1. The summed E-state index contributed by atoms with van der Waals surface area (Å²) in [6.07, 6.45) is 3.02. The van der Waals surface area contributed by atoms with Crippen LogP contribution in [0.1, 0.15) is 36.9 Å². The van der Waals surface area contributed by atoms with Crippen molar-refractivity contribution in [3.63, 3.8) is 0 Å². The van der Waals surface area contributed by atoms with E-state index >= 15 is 0 Å². The maximum atomic E-state index is 4.47. The van der Waals surface area contributed by atoms with E-state index in [1.165, 1.54) is 20.0 Å². The van der Waals surface area contributed by atoms with Crippen molar-refractivity contribution in [1.29, 1.82) is 0 Å². The Hall–Kier alpha value is -0.690. The minimum Gasteiger partial charge on any atom is -0.304 e. The molecule has 6 heteroatoms. The highest BCUT2D eigenvalue weighted by Crippen LogP contribution is 2.37. The summed E-state index contributed by atoms with van der Waals surface area (Å²) in [5, 5.41) is 10.3. The maximum absolute atomic E-state index is 4.47. The number of rotatable bonds is 6. The van der Waals surface area contributed by atoms with Crippen LogP contribution in [0.5, 0.6) is 0 Å². The SMILES string of the molecule is CCCNC(c1cc2sccc2s1)c1c(Br)cnn1CC. The molecule has 1 unspecified atom stereocenters. The Morgan fingerprint density at radius 1 is 1.38 bits per heavy atom. The number of halogens is 1. The van der Waals surface area contributed by atoms with E-state index in [2.05, 4.69) is 62.4 Å². The highest BCUT2D eigenvalue weighted by atomic mass is 79.9. The smallest absolute Gasteiger partial charge is 0.0854 e. The van der Waals surface area contributed by atoms with Crippen LogP contribution >= 0.6 is 38.6 Å². The number of aromatic nitrogens is 2. The third kappa shape index (κ3) is 2.95. The zero-order valence-electron chi connectivity index (χ0n) is 12.1. The van der Waals surface area contributed by atoms with Crippen molar-refractivity contribution in [1.82, 2.24) is 15.1 Å². The lowest BCUT2D eigenvalue weighted by molar-refractivity contribution is 0.533. The standard InChI is InChI=1S/C15H18BrN3S2/c1-3-6-17-14(15-10(16)9-18-19(15)4-2)13-8-12-11(21-13)5-7-20-12/h5,7-9,14,17H,3-4,6H2,1-2H3. The van der Waals surface area contributed by atoms with Crippen LogP contribution in [0.4, 0.5) is 0 Å². The second-order valence-electron chi connectivity index (χ2n) is 4.88. The zero-order valence-corrected chi connectivity index (χ0v) is 15.3. The van der Waals surface area contributed by atoms with E-state index in [-0.39, 0.29) is 6.04 Å². The normalized spacial score (nSPS) is 13.1. The molecule has 112 valence electrons. The summed E-state index contributed by atoms with van der Waals surface area (Å²) in [4.78, 5) is 1.36. The lowest BCUT2D eigenvalue weighted by Crippen LogP contribution is -2.25. The van der Waals surface area contributed by atoms with Crippen LogP contribution < -0.4 is 5.32 Å². The Kier molecular flexibility index (Phi) is 4.78. The molecule has 0 fully saturated rings. The van der Waals surface area contributed by atoms with Crippen molar-refractivity contribution in [2.24, 2.45) is 0 Å². The second kappa shape index (κ2) is 6.60. The molecule has 0 aliphatic rings. The van der Waals surface area contributed by atoms with Gasteiger partial charge in [-0.25, -0.2) is 0 Å². The van der Waals surface area contributed by atoms with Crippen molar-refractivity contribution in [3.8, 4) is 0 Å². The molecular weight excluding hydrogens is 366 g/mol. The molecule has 21 heavy (non-hydrogen) atoms. The van der Waals surface area contributed by atoms with E-state index in [4.69, 9.17) is 0 Å². The van der Waals surface area contributed by atoms with Crippen molar-refractivity contribution in [2.45, 2.75) is 32.9 Å². The molecule has 0 saturated heterocycles. The van der Waals surface area contributed by atoms with Gasteiger partial charge in [-0.3, -0.25) is 4.68 Å². The molecular formula is C15H18BrN3S2. The molecule has 0 saturated carbocycles. The first-order chi connectivity index (χ1) is 10.2. The summed E-state index contributed by atoms with van der Waals surface area (Å²) in [7, 11) is 0. The Labute approximate surface area is 141 Å². The van der Waals surface area contributed by atoms with Crippen LogP contribution in [0.15, 0.2) is 28.2 Å². The van der Waals surface area contributed by atoms with E-state index in [9.17, 15) is 0 Å². The van der Waals surface area contributed by atoms with E-state index in [1.54, 1.807) is 0 Å². The Bertz CT molecular complexity index is 700. The molecule has 3 aromatic rings. The van der Waals surface area contributed by atoms with Crippen LogP contribution in [0, 0.1) is 0 Å². The fourth-order valence-corrected chi connectivity index (χ4v) is 5.18. The van der Waals surface area contributed by atoms with Gasteiger partial charge in [-0.1, -0.05) is 6.92 Å². The van der Waals surface area contributed by atoms with Gasteiger partial charge < -0.3 is 5.32 Å². The molecule has 3 heterocycles. The van der Waals surface area contributed by atoms with Gasteiger partial charge in [0.15, 0.2) is 0 Å². The summed E-state index contributed by atoms with van der Waals surface area (Å²) in [5.74, 6) is 0. The van der Waals surface area contributed by atoms with Gasteiger partial charge in [-0.15, -0.1) is 22.7 Å². The average Bonchev–Trinajstić information content (AvgIpc) is 3.14. The van der Waals surface area contributed by atoms with Crippen molar-refractivity contribution in [2.75, 3.05) is 6.54 Å². The van der Waals surface area contributed by atoms with Crippen molar-refractivity contribution < 1.29 is 0 Å². The number of fused-ring (bicyclic) bond motifs is 1. The van der Waals surface area contributed by atoms with Gasteiger partial charge in [-0.2, -0.15) is 5.10 Å². The maximum Gasteiger partial charge on any atom is 0.0854 e. The van der Waals surface area contributed by atoms with Gasteiger partial charge in [0.1, 0.15) is 0 Å². The lowest BCUT2D eigenvalue weighted by atomic mass is 10.1. The Morgan fingerprint density at radius 2 is 2.24 bits per heavy atom. The summed E-state index contributed by atoms with van der Waals surface area (Å²) in [6.45, 7) is 6.21. The van der Waals surface area contributed by atoms with Crippen LogP contribution in [-0.2, 0) is 6.54 Å². The summed E-state index contributed by atoms with van der Waals surface area (Å²) >= 11 is 7.35. The molecule has 3 aromatic heterocycles. The van der Waals surface area contributed by atoms with E-state index in [0.717, 1.165) is 24.0 Å². The quantitative estimate of drug-likeness (QED) is 0.646. The number of thiophene rings is 2. The van der Waals surface area contributed by atoms with Gasteiger partial charge in [0.2, 0.25) is 0 Å². The van der Waals surface area contributed by atoms with Gasteiger partial charge in [-0.05, 0) is 53.3 Å². The highest BCUT2D eigenvalue weighted by molar-refractivity contribution is 9.10. The first-order valence-electron chi connectivity index (χ1n) is 7.16. The topological polar surface area (TPSA) is 29.9 Å². The fraction of sp³-hybridized carbons (Fsp3) is 0.400.